The van der Waals surface area contributed by atoms with Crippen molar-refractivity contribution >= 4 is 43.0 Å². The molecule has 1 aromatic heterocycles. The predicted octanol–water partition coefficient (Wildman–Crippen LogP) is 3.64. The summed E-state index contributed by atoms with van der Waals surface area (Å²) in [5.74, 6) is 0. The maximum Gasteiger partial charge on any atom is 0.263 e. The first kappa shape index (κ1) is 16.5. The second-order valence-electron chi connectivity index (χ2n) is 4.60. The molecule has 0 fully saturated rings. The van der Waals surface area contributed by atoms with Gasteiger partial charge < -0.3 is 5.73 Å². The van der Waals surface area contributed by atoms with Gasteiger partial charge in [0.25, 0.3) is 10.0 Å². The van der Waals surface area contributed by atoms with Gasteiger partial charge >= 0.3 is 0 Å². The molecule has 114 valence electrons. The van der Waals surface area contributed by atoms with Crippen LogP contribution in [0, 0.1) is 6.92 Å². The van der Waals surface area contributed by atoms with Crippen molar-refractivity contribution in [2.45, 2.75) is 31.7 Å². The SMILES string of the molecule is CCc1cc(Br)ccc1NS(=O)(=O)c1cc(CN)sc1C. The number of aryl methyl sites for hydroxylation is 2. The van der Waals surface area contributed by atoms with Crippen LogP contribution in [0.5, 0.6) is 0 Å². The van der Waals surface area contributed by atoms with Gasteiger partial charge in [-0.1, -0.05) is 22.9 Å². The molecule has 0 atom stereocenters. The molecule has 0 aliphatic carbocycles. The molecular formula is C14H17BrN2O2S2. The minimum atomic E-state index is -3.59. The average Bonchev–Trinajstić information content (AvgIpc) is 2.82. The summed E-state index contributed by atoms with van der Waals surface area (Å²) >= 11 is 4.81. The minimum Gasteiger partial charge on any atom is -0.326 e. The third kappa shape index (κ3) is 3.66. The van der Waals surface area contributed by atoms with E-state index < -0.39 is 10.0 Å². The topological polar surface area (TPSA) is 72.2 Å². The van der Waals surface area contributed by atoms with E-state index in [0.29, 0.717) is 17.1 Å². The Kier molecular flexibility index (Phi) is 5.08. The van der Waals surface area contributed by atoms with Crippen molar-refractivity contribution in [2.24, 2.45) is 5.73 Å². The monoisotopic (exact) mass is 388 g/mol. The number of hydrogen-bond acceptors (Lipinski definition) is 4. The fourth-order valence-corrected chi connectivity index (χ4v) is 5.07. The van der Waals surface area contributed by atoms with Gasteiger partial charge in [-0.05, 0) is 43.2 Å². The van der Waals surface area contributed by atoms with E-state index in [0.717, 1.165) is 26.2 Å². The standard InChI is InChI=1S/C14H17BrN2O2S2/c1-3-10-6-11(15)4-5-13(10)17-21(18,19)14-7-12(8-16)20-9(14)2/h4-7,17H,3,8,16H2,1-2H3. The Hall–Kier alpha value is -0.890. The molecule has 0 radical (unpaired) electrons. The van der Waals surface area contributed by atoms with Gasteiger partial charge in [0.1, 0.15) is 4.90 Å². The van der Waals surface area contributed by atoms with Crippen LogP contribution in [-0.4, -0.2) is 8.42 Å². The van der Waals surface area contributed by atoms with E-state index in [1.165, 1.54) is 11.3 Å². The van der Waals surface area contributed by atoms with Crippen molar-refractivity contribution in [3.63, 3.8) is 0 Å². The smallest absolute Gasteiger partial charge is 0.263 e. The van der Waals surface area contributed by atoms with Gasteiger partial charge in [0.15, 0.2) is 0 Å². The Morgan fingerprint density at radius 1 is 1.33 bits per heavy atom. The molecule has 3 N–H and O–H groups in total. The number of nitrogens with one attached hydrogen (secondary N) is 1. The number of hydrogen-bond donors (Lipinski definition) is 2. The molecule has 0 saturated carbocycles. The molecule has 1 aromatic carbocycles. The number of anilines is 1. The van der Waals surface area contributed by atoms with Crippen LogP contribution >= 0.6 is 27.3 Å². The fourth-order valence-electron chi connectivity index (χ4n) is 2.05. The van der Waals surface area contributed by atoms with Crippen molar-refractivity contribution in [1.82, 2.24) is 0 Å². The number of halogens is 1. The van der Waals surface area contributed by atoms with Gasteiger partial charge in [0.05, 0.1) is 5.69 Å². The molecule has 1 heterocycles. The van der Waals surface area contributed by atoms with Crippen LogP contribution in [0.3, 0.4) is 0 Å². The van der Waals surface area contributed by atoms with E-state index in [-0.39, 0.29) is 0 Å². The van der Waals surface area contributed by atoms with Crippen LogP contribution in [0.15, 0.2) is 33.6 Å². The molecule has 0 aliphatic rings. The van der Waals surface area contributed by atoms with E-state index >= 15 is 0 Å². The van der Waals surface area contributed by atoms with E-state index in [9.17, 15) is 8.42 Å². The van der Waals surface area contributed by atoms with Gasteiger partial charge in [-0.15, -0.1) is 11.3 Å². The third-order valence-corrected chi connectivity index (χ3v) is 6.29. The normalized spacial score (nSPS) is 11.6. The average molecular weight is 389 g/mol. The van der Waals surface area contributed by atoms with E-state index in [2.05, 4.69) is 20.7 Å². The lowest BCUT2D eigenvalue weighted by Crippen LogP contribution is -2.14. The first-order valence-electron chi connectivity index (χ1n) is 6.48. The molecule has 0 bridgehead atoms. The minimum absolute atomic E-state index is 0.304. The summed E-state index contributed by atoms with van der Waals surface area (Å²) in [6.07, 6.45) is 0.744. The molecule has 0 spiro atoms. The highest BCUT2D eigenvalue weighted by Gasteiger charge is 2.20. The molecule has 0 saturated heterocycles. The van der Waals surface area contributed by atoms with Crippen molar-refractivity contribution < 1.29 is 8.42 Å². The van der Waals surface area contributed by atoms with Gasteiger partial charge in [-0.3, -0.25) is 4.72 Å². The number of benzene rings is 1. The van der Waals surface area contributed by atoms with E-state index in [1.807, 2.05) is 19.1 Å². The molecule has 2 rings (SSSR count). The molecule has 4 nitrogen and oxygen atoms in total. The largest absolute Gasteiger partial charge is 0.326 e. The maximum atomic E-state index is 12.5. The van der Waals surface area contributed by atoms with Gasteiger partial charge in [-0.25, -0.2) is 8.42 Å². The Bertz CT molecular complexity index is 754. The van der Waals surface area contributed by atoms with Crippen LogP contribution in [0.4, 0.5) is 5.69 Å². The van der Waals surface area contributed by atoms with Crippen LogP contribution in [0.2, 0.25) is 0 Å². The molecule has 7 heteroatoms. The number of thiophene rings is 1. The summed E-state index contributed by atoms with van der Waals surface area (Å²) in [6, 6.07) is 7.16. The lowest BCUT2D eigenvalue weighted by atomic mass is 10.1. The van der Waals surface area contributed by atoms with Gasteiger partial charge in [0, 0.05) is 20.8 Å². The molecular weight excluding hydrogens is 372 g/mol. The zero-order valence-electron chi connectivity index (χ0n) is 11.8. The summed E-state index contributed by atoms with van der Waals surface area (Å²) in [5, 5.41) is 0. The highest BCUT2D eigenvalue weighted by molar-refractivity contribution is 9.10. The number of sulfonamides is 1. The van der Waals surface area contributed by atoms with Crippen LogP contribution in [0.25, 0.3) is 0 Å². The molecule has 0 unspecified atom stereocenters. The quantitative estimate of drug-likeness (QED) is 0.820. The lowest BCUT2D eigenvalue weighted by molar-refractivity contribution is 0.601. The molecule has 21 heavy (non-hydrogen) atoms. The van der Waals surface area contributed by atoms with Crippen molar-refractivity contribution in [2.75, 3.05) is 4.72 Å². The van der Waals surface area contributed by atoms with Crippen LogP contribution < -0.4 is 10.5 Å². The summed E-state index contributed by atoms with van der Waals surface area (Å²) in [7, 11) is -3.59. The van der Waals surface area contributed by atoms with Crippen molar-refractivity contribution in [3.05, 3.63) is 44.1 Å². The summed E-state index contributed by atoms with van der Waals surface area (Å²) < 4.78 is 28.7. The fraction of sp³-hybridized carbons (Fsp3) is 0.286. The van der Waals surface area contributed by atoms with Gasteiger partial charge in [0.2, 0.25) is 0 Å². The predicted molar refractivity (Wildman–Crippen MR) is 91.3 cm³/mol. The summed E-state index contributed by atoms with van der Waals surface area (Å²) in [4.78, 5) is 1.91. The van der Waals surface area contributed by atoms with Crippen molar-refractivity contribution in [3.8, 4) is 0 Å². The third-order valence-electron chi connectivity index (χ3n) is 3.11. The first-order chi connectivity index (χ1) is 9.87. The zero-order valence-corrected chi connectivity index (χ0v) is 15.0. The first-order valence-corrected chi connectivity index (χ1v) is 9.57. The highest BCUT2D eigenvalue weighted by atomic mass is 79.9. The van der Waals surface area contributed by atoms with Crippen molar-refractivity contribution in [1.29, 1.82) is 0 Å². The molecule has 0 aliphatic heterocycles. The van der Waals surface area contributed by atoms with E-state index in [1.54, 1.807) is 19.1 Å². The Morgan fingerprint density at radius 3 is 2.62 bits per heavy atom. The second-order valence-corrected chi connectivity index (χ2v) is 8.51. The summed E-state index contributed by atoms with van der Waals surface area (Å²) in [5.41, 5.74) is 7.14. The Labute approximate surface area is 137 Å². The van der Waals surface area contributed by atoms with Crippen LogP contribution in [0.1, 0.15) is 22.2 Å². The van der Waals surface area contributed by atoms with Gasteiger partial charge in [-0.2, -0.15) is 0 Å². The maximum absolute atomic E-state index is 12.5. The number of rotatable bonds is 5. The van der Waals surface area contributed by atoms with E-state index in [4.69, 9.17) is 5.73 Å². The Balaban J connectivity index is 2.39. The molecule has 2 aromatic rings. The second kappa shape index (κ2) is 6.48. The molecule has 0 amide bonds. The zero-order chi connectivity index (χ0) is 15.6. The summed E-state index contributed by atoms with van der Waals surface area (Å²) in [6.45, 7) is 4.13. The Morgan fingerprint density at radius 2 is 2.05 bits per heavy atom. The number of nitrogens with two attached hydrogens (primary N) is 1. The lowest BCUT2D eigenvalue weighted by Gasteiger charge is -2.12. The van der Waals surface area contributed by atoms with Crippen LogP contribution in [-0.2, 0) is 23.0 Å². The highest BCUT2D eigenvalue weighted by Crippen LogP contribution is 2.29.